The van der Waals surface area contributed by atoms with Crippen molar-refractivity contribution < 1.29 is 19.1 Å². The Labute approximate surface area is 91.4 Å². The fourth-order valence-corrected chi connectivity index (χ4v) is 1.19. The lowest BCUT2D eigenvalue weighted by atomic mass is 10.1. The summed E-state index contributed by atoms with van der Waals surface area (Å²) in [6.45, 7) is 2.00. The van der Waals surface area contributed by atoms with Gasteiger partial charge in [0.2, 0.25) is 0 Å². The highest BCUT2D eigenvalue weighted by Gasteiger charge is 2.16. The maximum atomic E-state index is 10.7. The van der Waals surface area contributed by atoms with Crippen LogP contribution in [0.2, 0.25) is 0 Å². The summed E-state index contributed by atoms with van der Waals surface area (Å²) in [6.07, 6.45) is 1.13. The molecular formula is C11H9NO4. The van der Waals surface area contributed by atoms with Crippen molar-refractivity contribution in [2.75, 3.05) is 0 Å². The van der Waals surface area contributed by atoms with Crippen molar-refractivity contribution in [1.29, 1.82) is 0 Å². The second kappa shape index (κ2) is 5.45. The van der Waals surface area contributed by atoms with Crippen molar-refractivity contribution in [2.45, 2.75) is 0 Å². The van der Waals surface area contributed by atoms with Crippen LogP contribution in [0, 0.1) is 0 Å². The van der Waals surface area contributed by atoms with Gasteiger partial charge >= 0.3 is 5.97 Å². The average Bonchev–Trinajstić information content (AvgIpc) is 2.82. The Morgan fingerprint density at radius 2 is 1.88 bits per heavy atom. The van der Waals surface area contributed by atoms with Gasteiger partial charge in [-0.2, -0.15) is 0 Å². The summed E-state index contributed by atoms with van der Waals surface area (Å²) in [5.41, 5.74) is 0.651. The number of carbonyl (C=O) groups excluding carboxylic acids is 1. The molecule has 0 atom stereocenters. The summed E-state index contributed by atoms with van der Waals surface area (Å²) in [6, 6.07) is 9.01. The zero-order chi connectivity index (χ0) is 12.0. The summed E-state index contributed by atoms with van der Waals surface area (Å²) < 4.78 is 5.02. The molecule has 0 fully saturated rings. The third kappa shape index (κ3) is 2.33. The van der Waals surface area contributed by atoms with E-state index in [1.54, 1.807) is 12.1 Å². The van der Waals surface area contributed by atoms with Crippen LogP contribution in [0.1, 0.15) is 10.5 Å². The molecular weight excluding hydrogens is 210 g/mol. The van der Waals surface area contributed by atoms with E-state index in [0.29, 0.717) is 5.56 Å². The summed E-state index contributed by atoms with van der Waals surface area (Å²) >= 11 is 0. The number of carboxylic acid groups (broad SMARTS) is 1. The number of aromatic carboxylic acids is 1. The quantitative estimate of drug-likeness (QED) is 0.833. The Morgan fingerprint density at radius 1 is 1.25 bits per heavy atom. The zero-order valence-electron chi connectivity index (χ0n) is 8.29. The van der Waals surface area contributed by atoms with Crippen molar-refractivity contribution >= 4 is 12.8 Å². The first-order valence-electron chi connectivity index (χ1n) is 4.30. The molecule has 0 radical (unpaired) electrons. The molecule has 0 aliphatic heterocycles. The van der Waals surface area contributed by atoms with Crippen LogP contribution in [-0.2, 0) is 4.79 Å². The lowest BCUT2D eigenvalue weighted by molar-refractivity contribution is -0.0980. The first-order valence-corrected chi connectivity index (χ1v) is 4.30. The second-order valence-corrected chi connectivity index (χ2v) is 2.70. The third-order valence-corrected chi connectivity index (χ3v) is 1.81. The first-order chi connectivity index (χ1) is 7.79. The van der Waals surface area contributed by atoms with Crippen LogP contribution in [0.4, 0.5) is 0 Å². The van der Waals surface area contributed by atoms with E-state index < -0.39 is 5.97 Å². The fraction of sp³-hybridized carbons (Fsp3) is 0. The first kappa shape index (κ1) is 11.6. The number of oxazole rings is 1. The lowest BCUT2D eigenvalue weighted by Gasteiger charge is -1.95. The molecule has 2 rings (SSSR count). The van der Waals surface area contributed by atoms with Crippen LogP contribution in [-0.4, -0.2) is 22.8 Å². The topological polar surface area (TPSA) is 80.4 Å². The van der Waals surface area contributed by atoms with Gasteiger partial charge < -0.3 is 14.3 Å². The number of benzene rings is 1. The van der Waals surface area contributed by atoms with E-state index in [1.807, 2.05) is 25.0 Å². The predicted octanol–water partition coefficient (Wildman–Crippen LogP) is 1.85. The largest absolute Gasteiger partial charge is 0.476 e. The summed E-state index contributed by atoms with van der Waals surface area (Å²) in [7, 11) is 0. The molecule has 1 N–H and O–H groups in total. The fourth-order valence-electron chi connectivity index (χ4n) is 1.19. The molecule has 16 heavy (non-hydrogen) atoms. The van der Waals surface area contributed by atoms with Crippen molar-refractivity contribution in [3.05, 3.63) is 42.4 Å². The molecule has 0 amide bonds. The van der Waals surface area contributed by atoms with Crippen LogP contribution in [0.15, 0.2) is 41.1 Å². The average molecular weight is 219 g/mol. The van der Waals surface area contributed by atoms with Gasteiger partial charge in [-0.15, -0.1) is 0 Å². The number of rotatable bonds is 2. The van der Waals surface area contributed by atoms with Crippen molar-refractivity contribution in [1.82, 2.24) is 4.98 Å². The third-order valence-electron chi connectivity index (χ3n) is 1.81. The molecule has 82 valence electrons. The minimum atomic E-state index is -1.09. The smallest absolute Gasteiger partial charge is 0.358 e. The van der Waals surface area contributed by atoms with E-state index in [-0.39, 0.29) is 11.5 Å². The van der Waals surface area contributed by atoms with E-state index >= 15 is 0 Å². The molecule has 2 aromatic rings. The molecule has 0 unspecified atom stereocenters. The number of carboxylic acids is 1. The molecule has 0 saturated heterocycles. The molecule has 0 spiro atoms. The Morgan fingerprint density at radius 3 is 2.44 bits per heavy atom. The molecule has 5 nitrogen and oxygen atoms in total. The Kier molecular flexibility index (Phi) is 3.97. The Bertz CT molecular complexity index is 464. The van der Waals surface area contributed by atoms with Gasteiger partial charge in [-0.3, -0.25) is 0 Å². The van der Waals surface area contributed by atoms with Gasteiger partial charge in [-0.05, 0) is 0 Å². The van der Waals surface area contributed by atoms with Crippen molar-refractivity contribution in [3.8, 4) is 11.3 Å². The van der Waals surface area contributed by atoms with Crippen LogP contribution in [0.5, 0.6) is 0 Å². The summed E-state index contributed by atoms with van der Waals surface area (Å²) in [5, 5.41) is 8.79. The van der Waals surface area contributed by atoms with E-state index in [4.69, 9.17) is 14.3 Å². The van der Waals surface area contributed by atoms with Gasteiger partial charge in [0, 0.05) is 5.56 Å². The normalized spacial score (nSPS) is 9.00. The maximum Gasteiger partial charge on any atom is 0.358 e. The maximum absolute atomic E-state index is 10.7. The zero-order valence-corrected chi connectivity index (χ0v) is 8.29. The number of hydrogen-bond donors (Lipinski definition) is 1. The standard InChI is InChI=1S/C10H7NO3.CH2O/c12-10(13)8-9(14-6-11-8)7-4-2-1-3-5-7;1-2/h1-6H,(H,12,13);1H2. The minimum Gasteiger partial charge on any atom is -0.476 e. The van der Waals surface area contributed by atoms with E-state index in [1.165, 1.54) is 0 Å². The Balaban J connectivity index is 0.000000606. The molecule has 0 saturated carbocycles. The number of aromatic nitrogens is 1. The minimum absolute atomic E-state index is 0.0591. The summed E-state index contributed by atoms with van der Waals surface area (Å²) in [4.78, 5) is 22.4. The second-order valence-electron chi connectivity index (χ2n) is 2.70. The van der Waals surface area contributed by atoms with Gasteiger partial charge in [0.05, 0.1) is 0 Å². The van der Waals surface area contributed by atoms with Gasteiger partial charge in [-0.25, -0.2) is 9.78 Å². The molecule has 0 bridgehead atoms. The lowest BCUT2D eigenvalue weighted by Crippen LogP contribution is -1.98. The Hall–Kier alpha value is -2.43. The van der Waals surface area contributed by atoms with Crippen LogP contribution in [0.3, 0.4) is 0 Å². The monoisotopic (exact) mass is 219 g/mol. The number of carbonyl (C=O) groups is 2. The van der Waals surface area contributed by atoms with Crippen LogP contribution in [0.25, 0.3) is 11.3 Å². The van der Waals surface area contributed by atoms with Crippen LogP contribution >= 0.6 is 0 Å². The van der Waals surface area contributed by atoms with Gasteiger partial charge in [0.15, 0.2) is 17.8 Å². The van der Waals surface area contributed by atoms with E-state index in [2.05, 4.69) is 4.98 Å². The molecule has 1 aromatic heterocycles. The van der Waals surface area contributed by atoms with Gasteiger partial charge in [0.25, 0.3) is 0 Å². The van der Waals surface area contributed by atoms with Crippen molar-refractivity contribution in [3.63, 3.8) is 0 Å². The number of nitrogens with zero attached hydrogens (tertiary/aromatic N) is 1. The summed E-state index contributed by atoms with van der Waals surface area (Å²) in [5.74, 6) is -0.796. The van der Waals surface area contributed by atoms with E-state index in [9.17, 15) is 4.79 Å². The van der Waals surface area contributed by atoms with Crippen LogP contribution < -0.4 is 0 Å². The molecule has 1 heterocycles. The predicted molar refractivity (Wildman–Crippen MR) is 56.0 cm³/mol. The number of hydrogen-bond acceptors (Lipinski definition) is 4. The van der Waals surface area contributed by atoms with E-state index in [0.717, 1.165) is 6.39 Å². The van der Waals surface area contributed by atoms with Gasteiger partial charge in [-0.1, -0.05) is 30.3 Å². The highest BCUT2D eigenvalue weighted by Crippen LogP contribution is 2.22. The molecule has 1 aromatic carbocycles. The highest BCUT2D eigenvalue weighted by molar-refractivity contribution is 5.91. The van der Waals surface area contributed by atoms with Gasteiger partial charge in [0.1, 0.15) is 6.79 Å². The van der Waals surface area contributed by atoms with Crippen molar-refractivity contribution in [2.24, 2.45) is 0 Å². The highest BCUT2D eigenvalue weighted by atomic mass is 16.4. The molecule has 0 aliphatic rings. The SMILES string of the molecule is C=O.O=C(O)c1ncoc1-c1ccccc1. The molecule has 5 heteroatoms. The molecule has 0 aliphatic carbocycles.